The fourth-order valence-electron chi connectivity index (χ4n) is 8.00. The minimum Gasteiger partial charge on any atom is -0.312 e. The standard InChI is InChI=1S/C23H34N2O3/c1-22(23-11-15-8-16(12-23)10-17(9-15)13-23)20(27)25(21(28)24(22)2)14-19(26)18-6-4-3-5-7-18/h15-18H,3-14H2,1-2H3. The zero-order chi connectivity index (χ0) is 19.7. The van der Waals surface area contributed by atoms with Crippen molar-refractivity contribution in [2.24, 2.45) is 29.1 Å². The summed E-state index contributed by atoms with van der Waals surface area (Å²) >= 11 is 0. The molecule has 0 spiro atoms. The normalized spacial score (nSPS) is 43.3. The molecule has 5 saturated carbocycles. The summed E-state index contributed by atoms with van der Waals surface area (Å²) < 4.78 is 0. The first kappa shape index (κ1) is 18.6. The number of urea groups is 1. The van der Waals surface area contributed by atoms with Crippen LogP contribution in [0.4, 0.5) is 4.79 Å². The van der Waals surface area contributed by atoms with E-state index in [2.05, 4.69) is 0 Å². The van der Waals surface area contributed by atoms with Gasteiger partial charge in [0.15, 0.2) is 5.78 Å². The van der Waals surface area contributed by atoms with Crippen LogP contribution in [0.3, 0.4) is 0 Å². The lowest BCUT2D eigenvalue weighted by atomic mass is 9.44. The van der Waals surface area contributed by atoms with Gasteiger partial charge in [0.05, 0.1) is 6.54 Å². The predicted molar refractivity (Wildman–Crippen MR) is 105 cm³/mol. The maximum absolute atomic E-state index is 13.7. The molecule has 0 aromatic rings. The summed E-state index contributed by atoms with van der Waals surface area (Å²) in [4.78, 5) is 42.7. The van der Waals surface area contributed by atoms with E-state index in [-0.39, 0.29) is 35.6 Å². The fourth-order valence-corrected chi connectivity index (χ4v) is 8.00. The van der Waals surface area contributed by atoms with Crippen LogP contribution < -0.4 is 0 Å². The van der Waals surface area contributed by atoms with Crippen molar-refractivity contribution >= 4 is 17.7 Å². The zero-order valence-corrected chi connectivity index (χ0v) is 17.4. The number of rotatable bonds is 4. The Labute approximate surface area is 168 Å². The maximum Gasteiger partial charge on any atom is 0.327 e. The second-order valence-corrected chi connectivity index (χ2v) is 10.8. The summed E-state index contributed by atoms with van der Waals surface area (Å²) in [5.74, 6) is 2.17. The minimum absolute atomic E-state index is 0.0192. The Balaban J connectivity index is 1.41. The van der Waals surface area contributed by atoms with E-state index in [9.17, 15) is 14.4 Å². The molecule has 154 valence electrons. The molecule has 0 aromatic heterocycles. The van der Waals surface area contributed by atoms with Gasteiger partial charge in [0, 0.05) is 18.4 Å². The number of carbonyl (C=O) groups is 3. The maximum atomic E-state index is 13.7. The van der Waals surface area contributed by atoms with Gasteiger partial charge in [-0.05, 0) is 76.0 Å². The average Bonchev–Trinajstić information content (AvgIpc) is 2.84. The van der Waals surface area contributed by atoms with Gasteiger partial charge >= 0.3 is 6.03 Å². The largest absolute Gasteiger partial charge is 0.327 e. The van der Waals surface area contributed by atoms with E-state index >= 15 is 0 Å². The van der Waals surface area contributed by atoms with Gasteiger partial charge in [-0.25, -0.2) is 4.79 Å². The van der Waals surface area contributed by atoms with Crippen LogP contribution in [-0.4, -0.2) is 46.7 Å². The van der Waals surface area contributed by atoms with Crippen molar-refractivity contribution < 1.29 is 14.4 Å². The number of imide groups is 1. The third-order valence-corrected chi connectivity index (χ3v) is 9.30. The molecule has 3 amide bonds. The molecule has 1 heterocycles. The monoisotopic (exact) mass is 386 g/mol. The van der Waals surface area contributed by atoms with Gasteiger partial charge in [-0.15, -0.1) is 0 Å². The zero-order valence-electron chi connectivity index (χ0n) is 17.4. The van der Waals surface area contributed by atoms with Crippen molar-refractivity contribution in [1.29, 1.82) is 0 Å². The molecule has 1 atom stereocenters. The first-order valence-electron chi connectivity index (χ1n) is 11.5. The predicted octanol–water partition coefficient (Wildman–Crippen LogP) is 4.00. The molecule has 0 radical (unpaired) electrons. The summed E-state index contributed by atoms with van der Waals surface area (Å²) in [6, 6.07) is -0.257. The third kappa shape index (κ3) is 2.46. The average molecular weight is 387 g/mol. The first-order valence-corrected chi connectivity index (χ1v) is 11.5. The Morgan fingerprint density at radius 2 is 1.50 bits per heavy atom. The topological polar surface area (TPSA) is 57.7 Å². The van der Waals surface area contributed by atoms with Gasteiger partial charge in [0.25, 0.3) is 5.91 Å². The van der Waals surface area contributed by atoms with Gasteiger partial charge in [-0.2, -0.15) is 0 Å². The number of nitrogens with zero attached hydrogens (tertiary/aromatic N) is 2. The van der Waals surface area contributed by atoms with E-state index < -0.39 is 5.54 Å². The van der Waals surface area contributed by atoms with Crippen LogP contribution in [0.5, 0.6) is 0 Å². The number of amides is 3. The van der Waals surface area contributed by atoms with Gasteiger partial charge in [0.2, 0.25) is 0 Å². The summed E-state index contributed by atoms with van der Waals surface area (Å²) in [7, 11) is 1.80. The second-order valence-electron chi connectivity index (χ2n) is 10.8. The molecule has 6 fully saturated rings. The van der Waals surface area contributed by atoms with Gasteiger partial charge < -0.3 is 4.90 Å². The van der Waals surface area contributed by atoms with Gasteiger partial charge in [-0.1, -0.05) is 19.3 Å². The Hall–Kier alpha value is -1.39. The molecule has 5 aliphatic carbocycles. The Kier molecular flexibility index (Phi) is 4.19. The molecule has 1 aliphatic heterocycles. The highest BCUT2D eigenvalue weighted by molar-refractivity contribution is 6.09. The van der Waals surface area contributed by atoms with Crippen LogP contribution in [0, 0.1) is 29.1 Å². The van der Waals surface area contributed by atoms with E-state index in [4.69, 9.17) is 0 Å². The highest BCUT2D eigenvalue weighted by Gasteiger charge is 2.68. The van der Waals surface area contributed by atoms with Crippen LogP contribution in [0.25, 0.3) is 0 Å². The lowest BCUT2D eigenvalue weighted by molar-refractivity contribution is -0.157. The van der Waals surface area contributed by atoms with Gasteiger partial charge in [-0.3, -0.25) is 14.5 Å². The Morgan fingerprint density at radius 1 is 0.964 bits per heavy atom. The lowest BCUT2D eigenvalue weighted by Crippen LogP contribution is -2.64. The van der Waals surface area contributed by atoms with Crippen LogP contribution in [0.2, 0.25) is 0 Å². The molecular formula is C23H34N2O3. The van der Waals surface area contributed by atoms with Crippen LogP contribution >= 0.6 is 0 Å². The molecule has 0 N–H and O–H groups in total. The highest BCUT2D eigenvalue weighted by Crippen LogP contribution is 2.65. The number of hydrogen-bond donors (Lipinski definition) is 0. The molecule has 6 rings (SSSR count). The van der Waals surface area contributed by atoms with Crippen molar-refractivity contribution in [3.63, 3.8) is 0 Å². The van der Waals surface area contributed by atoms with Crippen LogP contribution in [0.15, 0.2) is 0 Å². The smallest absolute Gasteiger partial charge is 0.312 e. The van der Waals surface area contributed by atoms with Crippen molar-refractivity contribution in [3.8, 4) is 0 Å². The van der Waals surface area contributed by atoms with E-state index in [1.54, 1.807) is 11.9 Å². The molecule has 1 unspecified atom stereocenters. The number of hydrogen-bond acceptors (Lipinski definition) is 3. The van der Waals surface area contributed by atoms with E-state index in [1.165, 1.54) is 30.6 Å². The molecular weight excluding hydrogens is 352 g/mol. The van der Waals surface area contributed by atoms with Crippen LogP contribution in [-0.2, 0) is 9.59 Å². The molecule has 1 saturated heterocycles. The van der Waals surface area contributed by atoms with E-state index in [0.717, 1.165) is 62.7 Å². The van der Waals surface area contributed by atoms with E-state index in [0.29, 0.717) is 0 Å². The SMILES string of the molecule is CN1C(=O)N(CC(=O)C2CCCCC2)C(=O)C1(C)C12CC3CC(CC(C3)C1)C2. The quantitative estimate of drug-likeness (QED) is 0.686. The lowest BCUT2D eigenvalue weighted by Gasteiger charge is -2.62. The number of ketones is 1. The third-order valence-electron chi connectivity index (χ3n) is 9.30. The summed E-state index contributed by atoms with van der Waals surface area (Å²) in [6.45, 7) is 1.99. The molecule has 0 aromatic carbocycles. The van der Waals surface area contributed by atoms with Gasteiger partial charge in [0.1, 0.15) is 5.54 Å². The molecule has 5 nitrogen and oxygen atoms in total. The highest BCUT2D eigenvalue weighted by atomic mass is 16.2. The Morgan fingerprint density at radius 3 is 2.04 bits per heavy atom. The molecule has 28 heavy (non-hydrogen) atoms. The first-order chi connectivity index (χ1) is 13.3. The van der Waals surface area contributed by atoms with Crippen LogP contribution in [0.1, 0.15) is 77.6 Å². The molecule has 4 bridgehead atoms. The summed E-state index contributed by atoms with van der Waals surface area (Å²) in [6.07, 6.45) is 12.3. The van der Waals surface area contributed by atoms with Crippen molar-refractivity contribution in [2.45, 2.75) is 83.1 Å². The summed E-state index contributed by atoms with van der Waals surface area (Å²) in [5.41, 5.74) is -0.876. The van der Waals surface area contributed by atoms with Crippen molar-refractivity contribution in [3.05, 3.63) is 0 Å². The number of Topliss-reactive ketones (excluding diaryl/α,β-unsaturated/α-hetero) is 1. The number of carbonyl (C=O) groups excluding carboxylic acids is 3. The van der Waals surface area contributed by atoms with Crippen molar-refractivity contribution in [2.75, 3.05) is 13.6 Å². The fraction of sp³-hybridized carbons (Fsp3) is 0.870. The molecule has 5 heteroatoms. The minimum atomic E-state index is -0.785. The second kappa shape index (κ2) is 6.30. The number of likely N-dealkylation sites (N-methyl/N-ethyl adjacent to an activating group) is 1. The Bertz CT molecular complexity index is 675. The van der Waals surface area contributed by atoms with E-state index in [1.807, 2.05) is 6.92 Å². The molecule has 6 aliphatic rings. The summed E-state index contributed by atoms with van der Waals surface area (Å²) in [5, 5.41) is 0. The van der Waals surface area contributed by atoms with Crippen molar-refractivity contribution in [1.82, 2.24) is 9.80 Å².